The van der Waals surface area contributed by atoms with Gasteiger partial charge in [0.25, 0.3) is 0 Å². The fourth-order valence-corrected chi connectivity index (χ4v) is 3.03. The van der Waals surface area contributed by atoms with E-state index in [-0.39, 0.29) is 35.0 Å². The van der Waals surface area contributed by atoms with Crippen molar-refractivity contribution in [3.63, 3.8) is 0 Å². The summed E-state index contributed by atoms with van der Waals surface area (Å²) in [6, 6.07) is 13.8. The first-order valence-corrected chi connectivity index (χ1v) is 10.8. The lowest BCUT2D eigenvalue weighted by molar-refractivity contribution is 0.213. The molecule has 10 heteroatoms. The van der Waals surface area contributed by atoms with Gasteiger partial charge in [0.05, 0.1) is 25.1 Å². The number of nitrogens with zero attached hydrogens (tertiary/aromatic N) is 1. The normalized spacial score (nSPS) is 12.5. The number of aliphatic imine (C=N–C) groups is 1. The zero-order chi connectivity index (χ0) is 21.3. The SMILES string of the molecule is CCNC(=NCc1ccc(S(N)(=O)=O)cc1)NCC(C)Oc1ccccc1OC.I. The van der Waals surface area contributed by atoms with Crippen molar-refractivity contribution in [3.05, 3.63) is 54.1 Å². The molecule has 4 N–H and O–H groups in total. The Bertz CT molecular complexity index is 921. The molecule has 166 valence electrons. The molecule has 2 aromatic carbocycles. The molecule has 0 aromatic heterocycles. The third-order valence-electron chi connectivity index (χ3n) is 3.97. The number of hydrogen-bond donors (Lipinski definition) is 3. The van der Waals surface area contributed by atoms with Crippen molar-refractivity contribution in [1.29, 1.82) is 0 Å². The van der Waals surface area contributed by atoms with Crippen LogP contribution in [0.3, 0.4) is 0 Å². The first kappa shape index (κ1) is 26.0. The third kappa shape index (κ3) is 8.36. The smallest absolute Gasteiger partial charge is 0.238 e. The van der Waals surface area contributed by atoms with Gasteiger partial charge >= 0.3 is 0 Å². The van der Waals surface area contributed by atoms with Crippen LogP contribution in [-0.4, -0.2) is 40.7 Å². The topological polar surface area (TPSA) is 115 Å². The van der Waals surface area contributed by atoms with Crippen molar-refractivity contribution < 1.29 is 17.9 Å². The molecule has 2 aromatic rings. The highest BCUT2D eigenvalue weighted by molar-refractivity contribution is 14.0. The van der Waals surface area contributed by atoms with Gasteiger partial charge in [0.1, 0.15) is 6.10 Å². The quantitative estimate of drug-likeness (QED) is 0.252. The summed E-state index contributed by atoms with van der Waals surface area (Å²) >= 11 is 0. The molecular weight excluding hydrogens is 519 g/mol. The summed E-state index contributed by atoms with van der Waals surface area (Å²) in [5, 5.41) is 11.5. The van der Waals surface area contributed by atoms with Crippen LogP contribution in [0, 0.1) is 0 Å². The summed E-state index contributed by atoms with van der Waals surface area (Å²) in [6.07, 6.45) is -0.121. The van der Waals surface area contributed by atoms with Crippen LogP contribution in [0.25, 0.3) is 0 Å². The van der Waals surface area contributed by atoms with Crippen molar-refractivity contribution in [2.45, 2.75) is 31.4 Å². The van der Waals surface area contributed by atoms with Crippen molar-refractivity contribution in [2.75, 3.05) is 20.2 Å². The van der Waals surface area contributed by atoms with Gasteiger partial charge in [-0.15, -0.1) is 24.0 Å². The van der Waals surface area contributed by atoms with Crippen molar-refractivity contribution in [1.82, 2.24) is 10.6 Å². The van der Waals surface area contributed by atoms with Gasteiger partial charge in [0.15, 0.2) is 17.5 Å². The number of guanidine groups is 1. The number of benzene rings is 2. The largest absolute Gasteiger partial charge is 0.493 e. The van der Waals surface area contributed by atoms with Gasteiger partial charge in [-0.2, -0.15) is 0 Å². The van der Waals surface area contributed by atoms with Crippen LogP contribution >= 0.6 is 24.0 Å². The lowest BCUT2D eigenvalue weighted by Crippen LogP contribution is -2.41. The first-order valence-electron chi connectivity index (χ1n) is 9.27. The van der Waals surface area contributed by atoms with E-state index in [0.29, 0.717) is 37.1 Å². The van der Waals surface area contributed by atoms with Crippen LogP contribution < -0.4 is 25.2 Å². The van der Waals surface area contributed by atoms with Gasteiger partial charge in [0.2, 0.25) is 10.0 Å². The monoisotopic (exact) mass is 548 g/mol. The van der Waals surface area contributed by atoms with E-state index in [1.54, 1.807) is 19.2 Å². The number of hydrogen-bond acceptors (Lipinski definition) is 5. The number of ether oxygens (including phenoxy) is 2. The molecule has 0 saturated carbocycles. The molecular formula is C20H29IN4O4S. The lowest BCUT2D eigenvalue weighted by Gasteiger charge is -2.19. The van der Waals surface area contributed by atoms with Crippen LogP contribution in [0.4, 0.5) is 0 Å². The highest BCUT2D eigenvalue weighted by Gasteiger charge is 2.10. The number of nitrogens with two attached hydrogens (primary N) is 1. The third-order valence-corrected chi connectivity index (χ3v) is 4.90. The van der Waals surface area contributed by atoms with Gasteiger partial charge in [0, 0.05) is 6.54 Å². The summed E-state index contributed by atoms with van der Waals surface area (Å²) < 4.78 is 33.9. The Balaban J connectivity index is 0.00000450. The molecule has 0 heterocycles. The van der Waals surface area contributed by atoms with Gasteiger partial charge in [-0.25, -0.2) is 18.5 Å². The molecule has 1 atom stereocenters. The van der Waals surface area contributed by atoms with Crippen LogP contribution in [0.5, 0.6) is 11.5 Å². The molecule has 0 bridgehead atoms. The minimum absolute atomic E-state index is 0. The number of halogens is 1. The summed E-state index contributed by atoms with van der Waals surface area (Å²) in [6.45, 7) is 5.57. The molecule has 30 heavy (non-hydrogen) atoms. The maximum Gasteiger partial charge on any atom is 0.238 e. The molecule has 0 aliphatic rings. The fourth-order valence-electron chi connectivity index (χ4n) is 2.51. The van der Waals surface area contributed by atoms with E-state index in [4.69, 9.17) is 14.6 Å². The molecule has 2 rings (SSSR count). The van der Waals surface area contributed by atoms with Crippen LogP contribution in [0.15, 0.2) is 58.4 Å². The number of para-hydroxylation sites is 2. The maximum atomic E-state index is 11.3. The average molecular weight is 548 g/mol. The number of primary sulfonamides is 1. The van der Waals surface area contributed by atoms with Gasteiger partial charge in [-0.3, -0.25) is 0 Å². The summed E-state index contributed by atoms with van der Waals surface area (Å²) in [5.41, 5.74) is 0.868. The van der Waals surface area contributed by atoms with Crippen molar-refractivity contribution in [3.8, 4) is 11.5 Å². The molecule has 0 aliphatic heterocycles. The Kier molecular flexibility index (Phi) is 10.9. The highest BCUT2D eigenvalue weighted by atomic mass is 127. The molecule has 0 aliphatic carbocycles. The Labute approximate surface area is 195 Å². The predicted octanol–water partition coefficient (Wildman–Crippen LogP) is 2.48. The predicted molar refractivity (Wildman–Crippen MR) is 129 cm³/mol. The number of nitrogens with one attached hydrogen (secondary N) is 2. The molecule has 0 radical (unpaired) electrons. The maximum absolute atomic E-state index is 11.3. The molecule has 8 nitrogen and oxygen atoms in total. The summed E-state index contributed by atoms with van der Waals surface area (Å²) in [4.78, 5) is 4.60. The Morgan fingerprint density at radius 2 is 1.73 bits per heavy atom. The fraction of sp³-hybridized carbons (Fsp3) is 0.350. The Morgan fingerprint density at radius 3 is 2.30 bits per heavy atom. The van der Waals surface area contributed by atoms with E-state index in [1.165, 1.54) is 12.1 Å². The van der Waals surface area contributed by atoms with E-state index in [0.717, 1.165) is 5.56 Å². The van der Waals surface area contributed by atoms with Crippen molar-refractivity contribution >= 4 is 40.0 Å². The van der Waals surface area contributed by atoms with Gasteiger partial charge < -0.3 is 20.1 Å². The second kappa shape index (κ2) is 12.6. The molecule has 0 fully saturated rings. The lowest BCUT2D eigenvalue weighted by atomic mass is 10.2. The zero-order valence-corrected chi connectivity index (χ0v) is 20.4. The average Bonchev–Trinajstić information content (AvgIpc) is 2.70. The second-order valence-electron chi connectivity index (χ2n) is 6.34. The van der Waals surface area contributed by atoms with E-state index in [2.05, 4.69) is 15.6 Å². The van der Waals surface area contributed by atoms with Gasteiger partial charge in [-0.05, 0) is 43.7 Å². The van der Waals surface area contributed by atoms with Crippen LogP contribution in [-0.2, 0) is 16.6 Å². The van der Waals surface area contributed by atoms with Crippen molar-refractivity contribution in [2.24, 2.45) is 10.1 Å². The molecule has 0 amide bonds. The molecule has 1 unspecified atom stereocenters. The van der Waals surface area contributed by atoms with E-state index in [9.17, 15) is 8.42 Å². The summed E-state index contributed by atoms with van der Waals surface area (Å²) in [7, 11) is -2.08. The number of methoxy groups -OCH3 is 1. The highest BCUT2D eigenvalue weighted by Crippen LogP contribution is 2.26. The first-order chi connectivity index (χ1) is 13.8. The standard InChI is InChI=1S/C20H28N4O4S.HI/c1-4-22-20(24-14-16-9-11-17(12-10-16)29(21,25)26)23-13-15(2)28-19-8-6-5-7-18(19)27-3;/h5-12,15H,4,13-14H2,1-3H3,(H2,21,25,26)(H2,22,23,24);1H. The number of sulfonamides is 1. The molecule has 0 saturated heterocycles. The minimum Gasteiger partial charge on any atom is -0.493 e. The van der Waals surface area contributed by atoms with Crippen LogP contribution in [0.1, 0.15) is 19.4 Å². The Hall–Kier alpha value is -2.05. The van der Waals surface area contributed by atoms with Crippen LogP contribution in [0.2, 0.25) is 0 Å². The van der Waals surface area contributed by atoms with E-state index >= 15 is 0 Å². The zero-order valence-electron chi connectivity index (χ0n) is 17.3. The minimum atomic E-state index is -3.69. The molecule has 0 spiro atoms. The second-order valence-corrected chi connectivity index (χ2v) is 7.91. The number of rotatable bonds is 9. The van der Waals surface area contributed by atoms with E-state index < -0.39 is 10.0 Å². The van der Waals surface area contributed by atoms with Gasteiger partial charge in [-0.1, -0.05) is 24.3 Å². The van der Waals surface area contributed by atoms with E-state index in [1.807, 2.05) is 38.1 Å². The Morgan fingerprint density at radius 1 is 1.10 bits per heavy atom. The summed E-state index contributed by atoms with van der Waals surface area (Å²) in [5.74, 6) is 2.00.